The Morgan fingerprint density at radius 1 is 1.10 bits per heavy atom. The number of hydrogen-bond acceptors (Lipinski definition) is 3. The van der Waals surface area contributed by atoms with Crippen LogP contribution in [0, 0.1) is 6.92 Å². The molecule has 0 bridgehead atoms. The van der Waals surface area contributed by atoms with Gasteiger partial charge < -0.3 is 9.84 Å². The van der Waals surface area contributed by atoms with E-state index in [1.165, 1.54) is 17.5 Å². The maximum Gasteiger partial charge on any atom is 0.337 e. The number of aryl methyl sites for hydroxylation is 3. The lowest BCUT2D eigenvalue weighted by Crippen LogP contribution is -2.28. The molecule has 1 aliphatic rings. The minimum atomic E-state index is -1.09. The fourth-order valence-corrected chi connectivity index (χ4v) is 4.29. The number of carboxylic acid groups (broad SMARTS) is 1. The van der Waals surface area contributed by atoms with Crippen LogP contribution in [-0.2, 0) is 22.4 Å². The predicted octanol–water partition coefficient (Wildman–Crippen LogP) is 5.64. The summed E-state index contributed by atoms with van der Waals surface area (Å²) in [4.78, 5) is 17.0. The molecule has 2 aromatic carbocycles. The Hall–Kier alpha value is -2.72. The van der Waals surface area contributed by atoms with Crippen molar-refractivity contribution in [1.29, 1.82) is 0 Å². The first-order valence-corrected chi connectivity index (χ1v) is 10.2. The monoisotopic (exact) mass is 389 g/mol. The van der Waals surface area contributed by atoms with Gasteiger partial charge in [0.25, 0.3) is 0 Å². The van der Waals surface area contributed by atoms with Gasteiger partial charge in [0, 0.05) is 16.6 Å². The second-order valence-electron chi connectivity index (χ2n) is 8.79. The summed E-state index contributed by atoms with van der Waals surface area (Å²) in [5.41, 5.74) is 6.30. The Bertz CT molecular complexity index is 1100. The summed E-state index contributed by atoms with van der Waals surface area (Å²) >= 11 is 0. The molecule has 150 valence electrons. The predicted molar refractivity (Wildman–Crippen MR) is 115 cm³/mol. The number of fused-ring (bicyclic) bond motifs is 2. The first-order valence-electron chi connectivity index (χ1n) is 10.2. The highest BCUT2D eigenvalue weighted by atomic mass is 16.5. The Morgan fingerprint density at radius 3 is 2.55 bits per heavy atom. The first kappa shape index (κ1) is 19.6. The third-order valence-corrected chi connectivity index (χ3v) is 5.47. The fraction of sp³-hybridized carbons (Fsp3) is 0.360. The maximum absolute atomic E-state index is 12.3. The van der Waals surface area contributed by atoms with E-state index >= 15 is 0 Å². The van der Waals surface area contributed by atoms with E-state index < -0.39 is 17.7 Å². The van der Waals surface area contributed by atoms with Crippen molar-refractivity contribution in [2.45, 2.75) is 58.7 Å². The molecule has 0 amide bonds. The lowest BCUT2D eigenvalue weighted by Gasteiger charge is -2.28. The number of carboxylic acids is 1. The molecule has 0 spiro atoms. The molecule has 0 unspecified atom stereocenters. The van der Waals surface area contributed by atoms with Crippen LogP contribution in [0.3, 0.4) is 0 Å². The average Bonchev–Trinajstić information content (AvgIpc) is 3.12. The van der Waals surface area contributed by atoms with E-state index in [4.69, 9.17) is 9.72 Å². The van der Waals surface area contributed by atoms with Gasteiger partial charge in [0.05, 0.1) is 11.1 Å². The van der Waals surface area contributed by atoms with Gasteiger partial charge >= 0.3 is 5.97 Å². The third kappa shape index (κ3) is 3.77. The van der Waals surface area contributed by atoms with Gasteiger partial charge in [0.2, 0.25) is 0 Å². The van der Waals surface area contributed by atoms with Gasteiger partial charge in [-0.05, 0) is 75.3 Å². The Balaban J connectivity index is 2.02. The summed E-state index contributed by atoms with van der Waals surface area (Å²) in [6.07, 6.45) is 2.27. The number of para-hydroxylation sites is 1. The van der Waals surface area contributed by atoms with Gasteiger partial charge in [-0.1, -0.05) is 36.4 Å². The van der Waals surface area contributed by atoms with Crippen molar-refractivity contribution in [3.8, 4) is 11.1 Å². The molecule has 0 aliphatic heterocycles. The standard InChI is InChI=1S/C25H27NO3/c1-15-21(23(24(27)28)29-25(2,3)4)22(19-10-5-6-11-20(19)26-15)18-13-12-16-8-7-9-17(16)14-18/h5-6,10-14,23H,7-9H2,1-4H3,(H,27,28)/t23-/m0/s1. The summed E-state index contributed by atoms with van der Waals surface area (Å²) in [6, 6.07) is 14.5. The Labute approximate surface area is 171 Å². The second-order valence-corrected chi connectivity index (χ2v) is 8.79. The quantitative estimate of drug-likeness (QED) is 0.627. The first-order chi connectivity index (χ1) is 13.7. The van der Waals surface area contributed by atoms with E-state index in [0.717, 1.165) is 34.9 Å². The smallest absolute Gasteiger partial charge is 0.337 e. The molecule has 4 rings (SSSR count). The number of aromatic nitrogens is 1. The molecule has 0 fully saturated rings. The van der Waals surface area contributed by atoms with Crippen molar-refractivity contribution in [2.75, 3.05) is 0 Å². The summed E-state index contributed by atoms with van der Waals surface area (Å²) in [6.45, 7) is 7.51. The Kier molecular flexibility index (Phi) is 4.91. The van der Waals surface area contributed by atoms with E-state index in [0.29, 0.717) is 11.3 Å². The van der Waals surface area contributed by atoms with Gasteiger partial charge in [-0.15, -0.1) is 0 Å². The van der Waals surface area contributed by atoms with Crippen molar-refractivity contribution in [2.24, 2.45) is 0 Å². The fourth-order valence-electron chi connectivity index (χ4n) is 4.29. The van der Waals surface area contributed by atoms with Crippen molar-refractivity contribution in [3.63, 3.8) is 0 Å². The topological polar surface area (TPSA) is 59.4 Å². The molecule has 29 heavy (non-hydrogen) atoms. The van der Waals surface area contributed by atoms with Crippen LogP contribution in [0.25, 0.3) is 22.0 Å². The van der Waals surface area contributed by atoms with Crippen molar-refractivity contribution < 1.29 is 14.6 Å². The summed E-state index contributed by atoms with van der Waals surface area (Å²) in [7, 11) is 0. The molecule has 1 aromatic heterocycles. The average molecular weight is 389 g/mol. The lowest BCUT2D eigenvalue weighted by molar-refractivity contribution is -0.160. The maximum atomic E-state index is 12.3. The van der Waals surface area contributed by atoms with Gasteiger partial charge in [0.15, 0.2) is 6.10 Å². The van der Waals surface area contributed by atoms with Crippen LogP contribution in [0.5, 0.6) is 0 Å². The third-order valence-electron chi connectivity index (χ3n) is 5.47. The molecule has 0 saturated heterocycles. The van der Waals surface area contributed by atoms with Crippen LogP contribution in [0.2, 0.25) is 0 Å². The highest BCUT2D eigenvalue weighted by Gasteiger charge is 2.32. The summed E-state index contributed by atoms with van der Waals surface area (Å²) in [5.74, 6) is -0.998. The molecular weight excluding hydrogens is 362 g/mol. The normalized spacial score (nSPS) is 14.8. The van der Waals surface area contributed by atoms with Crippen LogP contribution >= 0.6 is 0 Å². The number of aliphatic carboxylic acids is 1. The van der Waals surface area contributed by atoms with Gasteiger partial charge in [-0.3, -0.25) is 4.98 Å². The number of ether oxygens (including phenoxy) is 1. The van der Waals surface area contributed by atoms with E-state index in [2.05, 4.69) is 18.2 Å². The number of nitrogens with zero attached hydrogens (tertiary/aromatic N) is 1. The van der Waals surface area contributed by atoms with Crippen molar-refractivity contribution in [3.05, 3.63) is 64.8 Å². The molecular formula is C25H27NO3. The van der Waals surface area contributed by atoms with Crippen LogP contribution < -0.4 is 0 Å². The summed E-state index contributed by atoms with van der Waals surface area (Å²) < 4.78 is 6.03. The minimum Gasteiger partial charge on any atom is -0.479 e. The van der Waals surface area contributed by atoms with Crippen LogP contribution in [0.4, 0.5) is 0 Å². The van der Waals surface area contributed by atoms with E-state index in [1.54, 1.807) is 0 Å². The van der Waals surface area contributed by atoms with Crippen LogP contribution in [0.1, 0.15) is 55.7 Å². The zero-order valence-corrected chi connectivity index (χ0v) is 17.5. The molecule has 1 heterocycles. The molecule has 3 aromatic rings. The highest BCUT2D eigenvalue weighted by Crippen LogP contribution is 2.40. The molecule has 1 N–H and O–H groups in total. The molecule has 4 heteroatoms. The minimum absolute atomic E-state index is 0.601. The molecule has 1 atom stereocenters. The molecule has 0 saturated carbocycles. The van der Waals surface area contributed by atoms with Crippen molar-refractivity contribution >= 4 is 16.9 Å². The molecule has 1 aliphatic carbocycles. The van der Waals surface area contributed by atoms with Crippen molar-refractivity contribution in [1.82, 2.24) is 4.98 Å². The zero-order valence-electron chi connectivity index (χ0n) is 17.5. The van der Waals surface area contributed by atoms with Gasteiger partial charge in [-0.25, -0.2) is 4.79 Å². The lowest BCUT2D eigenvalue weighted by atomic mass is 9.89. The highest BCUT2D eigenvalue weighted by molar-refractivity contribution is 5.98. The number of rotatable bonds is 4. The molecule has 0 radical (unpaired) electrons. The second kappa shape index (κ2) is 7.27. The Morgan fingerprint density at radius 2 is 1.83 bits per heavy atom. The van der Waals surface area contributed by atoms with Gasteiger partial charge in [0.1, 0.15) is 0 Å². The number of benzene rings is 2. The number of carbonyl (C=O) groups is 1. The number of hydrogen-bond donors (Lipinski definition) is 1. The SMILES string of the molecule is Cc1nc2ccccc2c(-c2ccc3c(c2)CCC3)c1[C@H](OC(C)(C)C)C(=O)O. The van der Waals surface area contributed by atoms with Crippen LogP contribution in [0.15, 0.2) is 42.5 Å². The molecule has 4 nitrogen and oxygen atoms in total. The van der Waals surface area contributed by atoms with E-state index in [9.17, 15) is 9.90 Å². The largest absolute Gasteiger partial charge is 0.479 e. The zero-order chi connectivity index (χ0) is 20.8. The van der Waals surface area contributed by atoms with Gasteiger partial charge in [-0.2, -0.15) is 0 Å². The van der Waals surface area contributed by atoms with E-state index in [1.807, 2.05) is 52.0 Å². The summed E-state index contributed by atoms with van der Waals surface area (Å²) in [5, 5.41) is 11.0. The van der Waals surface area contributed by atoms with Crippen LogP contribution in [-0.4, -0.2) is 21.7 Å². The van der Waals surface area contributed by atoms with E-state index in [-0.39, 0.29) is 0 Å². The number of pyridine rings is 1.